The lowest BCUT2D eigenvalue weighted by Gasteiger charge is -2.41. The van der Waals surface area contributed by atoms with Gasteiger partial charge in [0.1, 0.15) is 24.4 Å². The fourth-order valence-electron chi connectivity index (χ4n) is 4.73. The Morgan fingerprint density at radius 1 is 0.767 bits per heavy atom. The maximum absolute atomic E-state index is 13.3. The molecule has 7 atom stereocenters. The number of hydrogen-bond acceptors (Lipinski definition) is 7. The quantitative estimate of drug-likeness (QED) is 0.116. The van der Waals surface area contributed by atoms with E-state index in [9.17, 15) is 30.0 Å². The summed E-state index contributed by atoms with van der Waals surface area (Å²) in [5.74, 6) is -2.76. The first-order valence-electron chi connectivity index (χ1n) is 15.4. The molecule has 1 fully saturated rings. The fourth-order valence-corrected chi connectivity index (χ4v) is 4.73. The highest BCUT2D eigenvalue weighted by Crippen LogP contribution is 2.26. The average Bonchev–Trinajstić information content (AvgIpc) is 2.97. The number of carbonyl (C=O) groups excluding carboxylic acids is 2. The lowest BCUT2D eigenvalue weighted by atomic mass is 9.81. The van der Waals surface area contributed by atoms with E-state index < -0.39 is 60.9 Å². The van der Waals surface area contributed by atoms with Crippen LogP contribution in [-0.4, -0.2) is 69.5 Å². The van der Waals surface area contributed by atoms with Crippen LogP contribution in [0.15, 0.2) is 72.9 Å². The van der Waals surface area contributed by atoms with Gasteiger partial charge in [0.2, 0.25) is 11.8 Å². The molecule has 0 radical (unpaired) electrons. The van der Waals surface area contributed by atoms with E-state index in [1.807, 2.05) is 32.1 Å². The van der Waals surface area contributed by atoms with Gasteiger partial charge in [0.25, 0.3) is 0 Å². The van der Waals surface area contributed by atoms with E-state index in [2.05, 4.69) is 66.9 Å². The van der Waals surface area contributed by atoms with E-state index in [-0.39, 0.29) is 12.3 Å². The molecule has 1 aliphatic rings. The standard InChI is InChI=1S/C34H54N2O7/c1-4-5-6-7-8-9-10-11-12-13-14-15-16-17-18-19-20-21-22-26(32(35)40)27(23-25(2)3)33(41)36-29-31(39)30(38)28(24-37)43-34(29)42/h5-6,8-9,11-12,14-15,17-18,20-21,25-31,34,37-39,42H,4,7,10,13,16,19,22-24H2,1-3H3,(H2,35,40)(H,36,41)/t26?,27-,28+,29+,30+,31+,34+/m0/s1. The molecule has 0 aromatic rings. The third-order valence-corrected chi connectivity index (χ3v) is 7.11. The first-order chi connectivity index (χ1) is 20.6. The lowest BCUT2D eigenvalue weighted by molar-refractivity contribution is -0.254. The van der Waals surface area contributed by atoms with Crippen molar-refractivity contribution in [3.63, 3.8) is 0 Å². The van der Waals surface area contributed by atoms with Crippen molar-refractivity contribution in [2.75, 3.05) is 6.61 Å². The molecule has 0 aromatic heterocycles. The normalized spacial score (nSPS) is 24.9. The number of carbonyl (C=O) groups is 2. The van der Waals surface area contributed by atoms with Gasteiger partial charge in [-0.15, -0.1) is 0 Å². The molecule has 0 spiro atoms. The van der Waals surface area contributed by atoms with Crippen LogP contribution in [0.5, 0.6) is 0 Å². The number of primary amides is 1. The fraction of sp³-hybridized carbons (Fsp3) is 0.588. The molecule has 1 saturated heterocycles. The summed E-state index contributed by atoms with van der Waals surface area (Å²) >= 11 is 0. The zero-order chi connectivity index (χ0) is 32.0. The molecule has 43 heavy (non-hydrogen) atoms. The monoisotopic (exact) mass is 602 g/mol. The number of amides is 2. The van der Waals surface area contributed by atoms with Crippen LogP contribution in [0.1, 0.15) is 72.1 Å². The minimum atomic E-state index is -1.64. The largest absolute Gasteiger partial charge is 0.394 e. The van der Waals surface area contributed by atoms with Gasteiger partial charge < -0.3 is 36.2 Å². The van der Waals surface area contributed by atoms with E-state index in [4.69, 9.17) is 10.5 Å². The second kappa shape index (κ2) is 22.7. The minimum Gasteiger partial charge on any atom is -0.394 e. The average molecular weight is 603 g/mol. The van der Waals surface area contributed by atoms with Crippen LogP contribution in [0.2, 0.25) is 0 Å². The number of ether oxygens (including phenoxy) is 1. The van der Waals surface area contributed by atoms with Gasteiger partial charge in [0, 0.05) is 0 Å². The van der Waals surface area contributed by atoms with Crippen molar-refractivity contribution >= 4 is 11.8 Å². The molecule has 0 aliphatic carbocycles. The molecule has 242 valence electrons. The molecule has 0 saturated carbocycles. The molecule has 1 aliphatic heterocycles. The van der Waals surface area contributed by atoms with Gasteiger partial charge >= 0.3 is 0 Å². The molecule has 0 aromatic carbocycles. The summed E-state index contributed by atoms with van der Waals surface area (Å²) in [6.45, 7) is 5.35. The van der Waals surface area contributed by atoms with Gasteiger partial charge in [-0.05, 0) is 57.3 Å². The van der Waals surface area contributed by atoms with Crippen molar-refractivity contribution in [2.45, 2.75) is 103 Å². The van der Waals surface area contributed by atoms with Crippen molar-refractivity contribution in [3.05, 3.63) is 72.9 Å². The summed E-state index contributed by atoms with van der Waals surface area (Å²) in [5, 5.41) is 42.6. The van der Waals surface area contributed by atoms with Crippen molar-refractivity contribution < 1.29 is 34.8 Å². The first-order valence-corrected chi connectivity index (χ1v) is 15.4. The van der Waals surface area contributed by atoms with Gasteiger partial charge in [-0.25, -0.2) is 0 Å². The summed E-state index contributed by atoms with van der Waals surface area (Å²) < 4.78 is 5.13. The molecule has 1 unspecified atom stereocenters. The molecule has 9 heteroatoms. The highest BCUT2D eigenvalue weighted by molar-refractivity contribution is 5.87. The molecule has 1 heterocycles. The van der Waals surface area contributed by atoms with E-state index in [1.54, 1.807) is 0 Å². The second-order valence-electron chi connectivity index (χ2n) is 11.2. The number of hydrogen-bond donors (Lipinski definition) is 6. The number of nitrogens with one attached hydrogen (secondary N) is 1. The summed E-state index contributed by atoms with van der Waals surface area (Å²) in [6.07, 6.45) is 25.2. The van der Waals surface area contributed by atoms with Crippen LogP contribution in [-0.2, 0) is 14.3 Å². The van der Waals surface area contributed by atoms with E-state index in [0.717, 1.165) is 32.1 Å². The van der Waals surface area contributed by atoms with Crippen LogP contribution >= 0.6 is 0 Å². The number of aliphatic hydroxyl groups excluding tert-OH is 4. The van der Waals surface area contributed by atoms with Gasteiger partial charge in [0.15, 0.2) is 6.29 Å². The molecule has 2 amide bonds. The van der Waals surface area contributed by atoms with Gasteiger partial charge in [-0.1, -0.05) is 93.7 Å². The zero-order valence-electron chi connectivity index (χ0n) is 26.0. The Kier molecular flexibility index (Phi) is 20.2. The van der Waals surface area contributed by atoms with Crippen molar-refractivity contribution in [1.82, 2.24) is 5.32 Å². The Morgan fingerprint density at radius 3 is 1.65 bits per heavy atom. The van der Waals surface area contributed by atoms with Crippen molar-refractivity contribution in [2.24, 2.45) is 23.5 Å². The lowest BCUT2D eigenvalue weighted by Crippen LogP contribution is -2.65. The summed E-state index contributed by atoms with van der Waals surface area (Å²) in [4.78, 5) is 25.6. The molecule has 9 nitrogen and oxygen atoms in total. The van der Waals surface area contributed by atoms with Gasteiger partial charge in [0.05, 0.1) is 18.4 Å². The Hall–Kier alpha value is -2.82. The molecular weight excluding hydrogens is 548 g/mol. The Morgan fingerprint density at radius 2 is 1.23 bits per heavy atom. The third kappa shape index (κ3) is 15.5. The number of allylic oxidation sites excluding steroid dienone is 12. The van der Waals surface area contributed by atoms with Crippen LogP contribution in [0.25, 0.3) is 0 Å². The third-order valence-electron chi connectivity index (χ3n) is 7.11. The van der Waals surface area contributed by atoms with E-state index >= 15 is 0 Å². The Bertz CT molecular complexity index is 970. The maximum atomic E-state index is 13.3. The second-order valence-corrected chi connectivity index (χ2v) is 11.2. The molecule has 1 rings (SSSR count). The summed E-state index contributed by atoms with van der Waals surface area (Å²) in [6, 6.07) is -1.33. The molecule has 7 N–H and O–H groups in total. The maximum Gasteiger partial charge on any atom is 0.224 e. The van der Waals surface area contributed by atoms with Crippen molar-refractivity contribution in [1.29, 1.82) is 0 Å². The number of aliphatic hydroxyl groups is 4. The van der Waals surface area contributed by atoms with Crippen LogP contribution < -0.4 is 11.1 Å². The zero-order valence-corrected chi connectivity index (χ0v) is 26.0. The topological polar surface area (TPSA) is 162 Å². The minimum absolute atomic E-state index is 0.0599. The molecule has 0 bridgehead atoms. The number of rotatable bonds is 20. The highest BCUT2D eigenvalue weighted by atomic mass is 16.6. The van der Waals surface area contributed by atoms with Crippen LogP contribution in [0.4, 0.5) is 0 Å². The Labute approximate surface area is 257 Å². The SMILES string of the molecule is CCC=CCC=CCC=CCC=CCC=CCC=CCC(C(N)=O)[C@H](CC(C)C)C(=O)N[C@@H]1[C@@H](O)[C@H](O)[C@@H](CO)O[C@H]1O. The predicted molar refractivity (Wildman–Crippen MR) is 170 cm³/mol. The van der Waals surface area contributed by atoms with E-state index in [0.29, 0.717) is 12.8 Å². The first kappa shape index (κ1) is 38.2. The van der Waals surface area contributed by atoms with E-state index in [1.165, 1.54) is 0 Å². The highest BCUT2D eigenvalue weighted by Gasteiger charge is 2.45. The Balaban J connectivity index is 2.57. The van der Waals surface area contributed by atoms with Gasteiger partial charge in [-0.3, -0.25) is 9.59 Å². The smallest absolute Gasteiger partial charge is 0.224 e. The van der Waals surface area contributed by atoms with Gasteiger partial charge in [-0.2, -0.15) is 0 Å². The van der Waals surface area contributed by atoms with Crippen LogP contribution in [0.3, 0.4) is 0 Å². The number of nitrogens with two attached hydrogens (primary N) is 1. The predicted octanol–water partition coefficient (Wildman–Crippen LogP) is 3.75. The van der Waals surface area contributed by atoms with Crippen molar-refractivity contribution in [3.8, 4) is 0 Å². The van der Waals surface area contributed by atoms with Crippen LogP contribution in [0, 0.1) is 17.8 Å². The summed E-state index contributed by atoms with van der Waals surface area (Å²) in [5.41, 5.74) is 5.70. The molecular formula is C34H54N2O7. The summed E-state index contributed by atoms with van der Waals surface area (Å²) in [7, 11) is 0.